The van der Waals surface area contributed by atoms with Crippen molar-refractivity contribution in [2.24, 2.45) is 0 Å². The first-order valence-corrected chi connectivity index (χ1v) is 10.3. The van der Waals surface area contributed by atoms with Crippen LogP contribution in [0.1, 0.15) is 16.1 Å². The van der Waals surface area contributed by atoms with Crippen LogP contribution in [0.2, 0.25) is 0 Å². The smallest absolute Gasteiger partial charge is 0.416 e. The van der Waals surface area contributed by atoms with Gasteiger partial charge in [-0.25, -0.2) is 0 Å². The van der Waals surface area contributed by atoms with Crippen LogP contribution in [0.4, 0.5) is 24.0 Å². The highest BCUT2D eigenvalue weighted by Gasteiger charge is 2.30. The van der Waals surface area contributed by atoms with Crippen molar-refractivity contribution in [1.29, 1.82) is 0 Å². The third-order valence-corrected chi connectivity index (χ3v) is 5.64. The Labute approximate surface area is 178 Å². The predicted molar refractivity (Wildman–Crippen MR) is 105 cm³/mol. The average molecular weight is 507 g/mol. The Morgan fingerprint density at radius 2 is 1.83 bits per heavy atom. The highest BCUT2D eigenvalue weighted by molar-refractivity contribution is 9.10. The van der Waals surface area contributed by atoms with Gasteiger partial charge >= 0.3 is 6.18 Å². The second-order valence-electron chi connectivity index (χ2n) is 5.34. The SMILES string of the molecule is O=C(CSc1nnc(NC(=O)c2ccc(Br)o2)s1)Nc1ccc(C(F)(F)F)cc1. The number of alkyl halides is 3. The first-order valence-electron chi connectivity index (χ1n) is 7.71. The summed E-state index contributed by atoms with van der Waals surface area (Å²) in [5.41, 5.74) is -0.548. The van der Waals surface area contributed by atoms with Crippen LogP contribution in [-0.2, 0) is 11.0 Å². The Kier molecular flexibility index (Phi) is 6.59. The van der Waals surface area contributed by atoms with Gasteiger partial charge in [0.1, 0.15) is 0 Å². The summed E-state index contributed by atoms with van der Waals surface area (Å²) in [6.45, 7) is 0. The third kappa shape index (κ3) is 6.05. The van der Waals surface area contributed by atoms with E-state index in [2.05, 4.69) is 36.8 Å². The monoisotopic (exact) mass is 506 g/mol. The second-order valence-corrected chi connectivity index (χ2v) is 8.32. The van der Waals surface area contributed by atoms with Crippen LogP contribution in [0, 0.1) is 0 Å². The highest BCUT2D eigenvalue weighted by atomic mass is 79.9. The highest BCUT2D eigenvalue weighted by Crippen LogP contribution is 2.30. The zero-order chi connectivity index (χ0) is 21.0. The lowest BCUT2D eigenvalue weighted by molar-refractivity contribution is -0.137. The number of anilines is 2. The van der Waals surface area contributed by atoms with Gasteiger partial charge in [0.25, 0.3) is 5.91 Å². The van der Waals surface area contributed by atoms with Gasteiger partial charge in [0.2, 0.25) is 11.0 Å². The zero-order valence-electron chi connectivity index (χ0n) is 14.1. The molecule has 2 aromatic heterocycles. The number of halogens is 4. The van der Waals surface area contributed by atoms with E-state index in [4.69, 9.17) is 4.42 Å². The molecule has 1 aromatic carbocycles. The number of rotatable bonds is 6. The minimum atomic E-state index is -4.43. The van der Waals surface area contributed by atoms with Crippen LogP contribution in [0.25, 0.3) is 0 Å². The van der Waals surface area contributed by atoms with E-state index >= 15 is 0 Å². The van der Waals surface area contributed by atoms with Gasteiger partial charge in [-0.05, 0) is 52.3 Å². The van der Waals surface area contributed by atoms with E-state index in [0.717, 1.165) is 35.2 Å². The van der Waals surface area contributed by atoms with Crippen molar-refractivity contribution < 1.29 is 27.2 Å². The fourth-order valence-corrected chi connectivity index (χ4v) is 3.83. The minimum absolute atomic E-state index is 0.0330. The first kappa shape index (κ1) is 21.3. The molecule has 0 fully saturated rings. The summed E-state index contributed by atoms with van der Waals surface area (Å²) in [7, 11) is 0. The van der Waals surface area contributed by atoms with E-state index in [9.17, 15) is 22.8 Å². The molecule has 2 heterocycles. The van der Waals surface area contributed by atoms with Crippen LogP contribution < -0.4 is 10.6 Å². The lowest BCUT2D eigenvalue weighted by atomic mass is 10.2. The Hall–Kier alpha value is -2.38. The van der Waals surface area contributed by atoms with Crippen molar-refractivity contribution in [3.05, 3.63) is 52.4 Å². The van der Waals surface area contributed by atoms with Crippen LogP contribution >= 0.6 is 39.0 Å². The lowest BCUT2D eigenvalue weighted by Gasteiger charge is -2.08. The van der Waals surface area contributed by atoms with Crippen molar-refractivity contribution in [1.82, 2.24) is 10.2 Å². The molecule has 0 saturated carbocycles. The first-order chi connectivity index (χ1) is 13.7. The molecular weight excluding hydrogens is 497 g/mol. The Morgan fingerprint density at radius 1 is 1.10 bits per heavy atom. The number of nitrogens with zero attached hydrogens (tertiary/aromatic N) is 2. The summed E-state index contributed by atoms with van der Waals surface area (Å²) < 4.78 is 43.6. The zero-order valence-corrected chi connectivity index (χ0v) is 17.3. The summed E-state index contributed by atoms with van der Waals surface area (Å²) in [4.78, 5) is 23.9. The van der Waals surface area contributed by atoms with Gasteiger partial charge in [0, 0.05) is 5.69 Å². The number of carbonyl (C=O) groups is 2. The van der Waals surface area contributed by atoms with Crippen molar-refractivity contribution in [2.75, 3.05) is 16.4 Å². The predicted octanol–water partition coefficient (Wildman–Crippen LogP) is 4.90. The summed E-state index contributed by atoms with van der Waals surface area (Å²) in [6.07, 6.45) is -4.43. The molecule has 0 aliphatic rings. The number of hydrogen-bond donors (Lipinski definition) is 2. The summed E-state index contributed by atoms with van der Waals surface area (Å²) >= 11 is 5.24. The van der Waals surface area contributed by atoms with Gasteiger partial charge in [-0.15, -0.1) is 10.2 Å². The summed E-state index contributed by atoms with van der Waals surface area (Å²) in [5, 5.41) is 12.9. The minimum Gasteiger partial charge on any atom is -0.444 e. The Bertz CT molecular complexity index is 1020. The molecule has 152 valence electrons. The number of thioether (sulfide) groups is 1. The maximum absolute atomic E-state index is 12.5. The number of hydrogen-bond acceptors (Lipinski definition) is 7. The van der Waals surface area contributed by atoms with E-state index < -0.39 is 23.6 Å². The molecule has 2 N–H and O–H groups in total. The summed E-state index contributed by atoms with van der Waals surface area (Å²) in [6, 6.07) is 7.20. The lowest BCUT2D eigenvalue weighted by Crippen LogP contribution is -2.14. The maximum atomic E-state index is 12.5. The van der Waals surface area contributed by atoms with Gasteiger partial charge in [-0.2, -0.15) is 13.2 Å². The van der Waals surface area contributed by atoms with Crippen LogP contribution in [0.5, 0.6) is 0 Å². The number of furan rings is 1. The molecule has 0 spiro atoms. The molecular formula is C16H10BrF3N4O3S2. The van der Waals surface area contributed by atoms with Crippen molar-refractivity contribution in [3.63, 3.8) is 0 Å². The van der Waals surface area contributed by atoms with E-state index in [1.54, 1.807) is 6.07 Å². The molecule has 0 atom stereocenters. The molecule has 0 aliphatic heterocycles. The van der Waals surface area contributed by atoms with Gasteiger partial charge in [-0.3, -0.25) is 14.9 Å². The van der Waals surface area contributed by atoms with Crippen LogP contribution in [0.3, 0.4) is 0 Å². The van der Waals surface area contributed by atoms with E-state index in [0.29, 0.717) is 9.01 Å². The molecule has 7 nitrogen and oxygen atoms in total. The number of nitrogens with one attached hydrogen (secondary N) is 2. The molecule has 2 amide bonds. The third-order valence-electron chi connectivity index (χ3n) is 3.25. The fourth-order valence-electron chi connectivity index (χ4n) is 1.98. The van der Waals surface area contributed by atoms with Gasteiger partial charge < -0.3 is 9.73 Å². The number of amides is 2. The summed E-state index contributed by atoms with van der Waals surface area (Å²) in [5.74, 6) is -0.856. The molecule has 0 radical (unpaired) electrons. The number of carbonyl (C=O) groups excluding carboxylic acids is 2. The van der Waals surface area contributed by atoms with Crippen molar-refractivity contribution in [2.45, 2.75) is 10.5 Å². The maximum Gasteiger partial charge on any atom is 0.416 e. The molecule has 0 saturated heterocycles. The number of aromatic nitrogens is 2. The Morgan fingerprint density at radius 3 is 2.45 bits per heavy atom. The molecule has 3 aromatic rings. The van der Waals surface area contributed by atoms with E-state index in [1.807, 2.05) is 0 Å². The molecule has 13 heteroatoms. The molecule has 0 bridgehead atoms. The van der Waals surface area contributed by atoms with Gasteiger partial charge in [-0.1, -0.05) is 23.1 Å². The van der Waals surface area contributed by atoms with Gasteiger partial charge in [0.05, 0.1) is 11.3 Å². The number of benzene rings is 1. The average Bonchev–Trinajstić information content (AvgIpc) is 3.28. The van der Waals surface area contributed by atoms with E-state index in [-0.39, 0.29) is 22.3 Å². The van der Waals surface area contributed by atoms with Crippen molar-refractivity contribution in [3.8, 4) is 0 Å². The van der Waals surface area contributed by atoms with Gasteiger partial charge in [0.15, 0.2) is 14.8 Å². The standard InChI is InChI=1S/C16H10BrF3N4O3S2/c17-11-6-5-10(27-11)13(26)22-14-23-24-15(29-14)28-7-12(25)21-9-3-1-8(2-4-9)16(18,19)20/h1-6H,7H2,(H,21,25)(H,22,23,26). The van der Waals surface area contributed by atoms with Crippen molar-refractivity contribution >= 4 is 61.7 Å². The molecule has 3 rings (SSSR count). The molecule has 0 unspecified atom stereocenters. The largest absolute Gasteiger partial charge is 0.444 e. The normalized spacial score (nSPS) is 11.3. The fraction of sp³-hybridized carbons (Fsp3) is 0.125. The quantitative estimate of drug-likeness (QED) is 0.364. The molecule has 0 aliphatic carbocycles. The second kappa shape index (κ2) is 8.97. The van der Waals surface area contributed by atoms with E-state index in [1.165, 1.54) is 18.2 Å². The van der Waals surface area contributed by atoms with Crippen LogP contribution in [0.15, 0.2) is 49.8 Å². The Balaban J connectivity index is 1.49. The van der Waals surface area contributed by atoms with Crippen LogP contribution in [-0.4, -0.2) is 27.8 Å². The topological polar surface area (TPSA) is 97.1 Å². The molecule has 29 heavy (non-hydrogen) atoms.